The summed E-state index contributed by atoms with van der Waals surface area (Å²) in [5.41, 5.74) is 6.05. The van der Waals surface area contributed by atoms with Gasteiger partial charge in [0.05, 0.1) is 17.7 Å². The predicted octanol–water partition coefficient (Wildman–Crippen LogP) is 5.04. The summed E-state index contributed by atoms with van der Waals surface area (Å²) in [7, 11) is 0. The molecular weight excluding hydrogens is 327 g/mol. The van der Waals surface area contributed by atoms with Gasteiger partial charge in [0.25, 0.3) is 0 Å². The summed E-state index contributed by atoms with van der Waals surface area (Å²) in [6.07, 6.45) is 9.55. The molecular formula is C21H19FN4. The second kappa shape index (κ2) is 5.80. The van der Waals surface area contributed by atoms with Crippen LogP contribution in [0, 0.1) is 12.7 Å². The van der Waals surface area contributed by atoms with Crippen molar-refractivity contribution in [3.05, 3.63) is 66.6 Å². The molecule has 0 radical (unpaired) electrons. The fourth-order valence-corrected chi connectivity index (χ4v) is 3.65. The smallest absolute Gasteiger partial charge is 0.136 e. The quantitative estimate of drug-likeness (QED) is 0.521. The molecule has 0 N–H and O–H groups in total. The van der Waals surface area contributed by atoms with Crippen LogP contribution in [0.1, 0.15) is 31.0 Å². The van der Waals surface area contributed by atoms with Gasteiger partial charge in [0.1, 0.15) is 11.5 Å². The summed E-state index contributed by atoms with van der Waals surface area (Å²) in [4.78, 5) is 9.12. The minimum Gasteiger partial charge on any atom is -0.327 e. The Hall–Kier alpha value is -2.95. The average Bonchev–Trinajstić information content (AvgIpc) is 3.18. The normalized spacial score (nSPS) is 14.7. The Kier molecular flexibility index (Phi) is 3.42. The van der Waals surface area contributed by atoms with E-state index in [0.717, 1.165) is 33.9 Å². The van der Waals surface area contributed by atoms with E-state index in [9.17, 15) is 4.39 Å². The third-order valence-electron chi connectivity index (χ3n) is 5.34. The van der Waals surface area contributed by atoms with Gasteiger partial charge in [-0.15, -0.1) is 0 Å². The van der Waals surface area contributed by atoms with Crippen LogP contribution in [-0.2, 0) is 0 Å². The van der Waals surface area contributed by atoms with Crippen LogP contribution >= 0.6 is 0 Å². The molecule has 4 aromatic rings. The van der Waals surface area contributed by atoms with Crippen LogP contribution < -0.4 is 0 Å². The van der Waals surface area contributed by atoms with Gasteiger partial charge in [0.15, 0.2) is 0 Å². The van der Waals surface area contributed by atoms with E-state index in [2.05, 4.69) is 26.2 Å². The highest BCUT2D eigenvalue weighted by Crippen LogP contribution is 2.39. The lowest BCUT2D eigenvalue weighted by atomic mass is 9.92. The second-order valence-electron chi connectivity index (χ2n) is 6.99. The molecule has 5 heteroatoms. The third-order valence-corrected chi connectivity index (χ3v) is 5.34. The largest absolute Gasteiger partial charge is 0.327 e. The van der Waals surface area contributed by atoms with Gasteiger partial charge < -0.3 is 8.97 Å². The van der Waals surface area contributed by atoms with E-state index in [1.165, 1.54) is 31.4 Å². The molecule has 1 aromatic carbocycles. The Labute approximate surface area is 151 Å². The molecule has 3 aromatic heterocycles. The number of halogens is 1. The van der Waals surface area contributed by atoms with E-state index in [-0.39, 0.29) is 5.82 Å². The summed E-state index contributed by atoms with van der Waals surface area (Å²) >= 11 is 0. The minimum atomic E-state index is -0.232. The van der Waals surface area contributed by atoms with Crippen molar-refractivity contribution >= 4 is 5.65 Å². The molecule has 3 heterocycles. The Morgan fingerprint density at radius 1 is 1.00 bits per heavy atom. The molecule has 1 aliphatic carbocycles. The summed E-state index contributed by atoms with van der Waals surface area (Å²) < 4.78 is 17.8. The van der Waals surface area contributed by atoms with Gasteiger partial charge in [-0.3, -0.25) is 0 Å². The van der Waals surface area contributed by atoms with Crippen molar-refractivity contribution in [2.45, 2.75) is 32.2 Å². The van der Waals surface area contributed by atoms with Crippen molar-refractivity contribution in [1.82, 2.24) is 18.9 Å². The van der Waals surface area contributed by atoms with Crippen molar-refractivity contribution in [3.63, 3.8) is 0 Å². The molecule has 0 unspecified atom stereocenters. The molecule has 130 valence electrons. The van der Waals surface area contributed by atoms with Crippen molar-refractivity contribution in [2.75, 3.05) is 0 Å². The molecule has 0 atom stereocenters. The first-order valence-corrected chi connectivity index (χ1v) is 8.97. The molecule has 1 aliphatic rings. The van der Waals surface area contributed by atoms with Gasteiger partial charge >= 0.3 is 0 Å². The summed E-state index contributed by atoms with van der Waals surface area (Å²) in [5, 5.41) is 0. The van der Waals surface area contributed by atoms with Gasteiger partial charge in [0, 0.05) is 35.3 Å². The van der Waals surface area contributed by atoms with Gasteiger partial charge in [-0.1, -0.05) is 0 Å². The highest BCUT2D eigenvalue weighted by Gasteiger charge is 2.25. The zero-order valence-corrected chi connectivity index (χ0v) is 14.6. The van der Waals surface area contributed by atoms with Crippen molar-refractivity contribution in [2.24, 2.45) is 0 Å². The Morgan fingerprint density at radius 3 is 2.50 bits per heavy atom. The van der Waals surface area contributed by atoms with Crippen LogP contribution in [0.2, 0.25) is 0 Å². The fraction of sp³-hybridized carbons (Fsp3) is 0.238. The molecule has 4 nitrogen and oxygen atoms in total. The van der Waals surface area contributed by atoms with Gasteiger partial charge in [0.2, 0.25) is 0 Å². The first kappa shape index (κ1) is 15.3. The number of aryl methyl sites for hydroxylation is 1. The molecule has 0 bridgehead atoms. The number of hydrogen-bond donors (Lipinski definition) is 0. The van der Waals surface area contributed by atoms with Gasteiger partial charge in [-0.05, 0) is 62.6 Å². The van der Waals surface area contributed by atoms with E-state index >= 15 is 0 Å². The van der Waals surface area contributed by atoms with E-state index in [1.54, 1.807) is 12.1 Å². The fourth-order valence-electron chi connectivity index (χ4n) is 3.65. The zero-order valence-electron chi connectivity index (χ0n) is 14.6. The van der Waals surface area contributed by atoms with Crippen LogP contribution in [0.25, 0.3) is 28.2 Å². The molecule has 0 amide bonds. The number of imidazole rings is 2. The lowest BCUT2D eigenvalue weighted by Gasteiger charge is -2.28. The predicted molar refractivity (Wildman–Crippen MR) is 99.4 cm³/mol. The standard InChI is InChI=1S/C21H19FN4/c1-14-11-23-19-10-7-16(12-25(14)19)21-20(15-5-8-17(22)9-6-15)24-13-26(21)18-3-2-4-18/h5-13,18H,2-4H2,1H3. The molecule has 26 heavy (non-hydrogen) atoms. The Bertz CT molecular complexity index is 1090. The molecule has 1 fully saturated rings. The van der Waals surface area contributed by atoms with E-state index in [1.807, 2.05) is 25.5 Å². The first-order valence-electron chi connectivity index (χ1n) is 8.97. The summed E-state index contributed by atoms with van der Waals surface area (Å²) in [6, 6.07) is 11.2. The van der Waals surface area contributed by atoms with Crippen LogP contribution in [0.4, 0.5) is 4.39 Å². The van der Waals surface area contributed by atoms with Crippen LogP contribution in [0.5, 0.6) is 0 Å². The van der Waals surface area contributed by atoms with E-state index in [0.29, 0.717) is 6.04 Å². The van der Waals surface area contributed by atoms with Crippen LogP contribution in [0.3, 0.4) is 0 Å². The maximum Gasteiger partial charge on any atom is 0.136 e. The number of aromatic nitrogens is 4. The van der Waals surface area contributed by atoms with Gasteiger partial charge in [-0.2, -0.15) is 0 Å². The summed E-state index contributed by atoms with van der Waals surface area (Å²) in [5.74, 6) is -0.232. The van der Waals surface area contributed by atoms with Crippen LogP contribution in [0.15, 0.2) is 55.1 Å². The van der Waals surface area contributed by atoms with Crippen LogP contribution in [-0.4, -0.2) is 18.9 Å². The SMILES string of the molecule is Cc1cnc2ccc(-c3c(-c4ccc(F)cc4)ncn3C3CCC3)cn12. The topological polar surface area (TPSA) is 35.1 Å². The first-order chi connectivity index (χ1) is 12.7. The molecule has 0 spiro atoms. The second-order valence-corrected chi connectivity index (χ2v) is 6.99. The maximum atomic E-state index is 13.4. The summed E-state index contributed by atoms with van der Waals surface area (Å²) in [6.45, 7) is 2.05. The lowest BCUT2D eigenvalue weighted by molar-refractivity contribution is 0.316. The Morgan fingerprint density at radius 2 is 1.77 bits per heavy atom. The third kappa shape index (κ3) is 2.35. The van der Waals surface area contributed by atoms with Crippen molar-refractivity contribution in [1.29, 1.82) is 0 Å². The highest BCUT2D eigenvalue weighted by atomic mass is 19.1. The highest BCUT2D eigenvalue weighted by molar-refractivity contribution is 5.79. The van der Waals surface area contributed by atoms with Crippen molar-refractivity contribution in [3.8, 4) is 22.5 Å². The van der Waals surface area contributed by atoms with E-state index in [4.69, 9.17) is 4.98 Å². The number of benzene rings is 1. The molecule has 5 rings (SSSR count). The number of nitrogens with zero attached hydrogens (tertiary/aromatic N) is 4. The lowest BCUT2D eigenvalue weighted by Crippen LogP contribution is -2.17. The number of rotatable bonds is 3. The monoisotopic (exact) mass is 346 g/mol. The minimum absolute atomic E-state index is 0.232. The number of fused-ring (bicyclic) bond motifs is 1. The molecule has 0 saturated heterocycles. The van der Waals surface area contributed by atoms with Gasteiger partial charge in [-0.25, -0.2) is 14.4 Å². The maximum absolute atomic E-state index is 13.4. The zero-order chi connectivity index (χ0) is 17.7. The Balaban J connectivity index is 1.72. The number of pyridine rings is 1. The van der Waals surface area contributed by atoms with Crippen molar-refractivity contribution < 1.29 is 4.39 Å². The van der Waals surface area contributed by atoms with E-state index < -0.39 is 0 Å². The molecule has 1 saturated carbocycles. The average molecular weight is 346 g/mol. The molecule has 0 aliphatic heterocycles. The number of hydrogen-bond acceptors (Lipinski definition) is 2.